The van der Waals surface area contributed by atoms with Gasteiger partial charge in [-0.1, -0.05) is 27.3 Å². The van der Waals surface area contributed by atoms with Crippen molar-refractivity contribution >= 4 is 54.6 Å². The van der Waals surface area contributed by atoms with Gasteiger partial charge < -0.3 is 10.2 Å². The van der Waals surface area contributed by atoms with E-state index in [9.17, 15) is 9.59 Å². The Labute approximate surface area is 139 Å². The van der Waals surface area contributed by atoms with E-state index in [2.05, 4.69) is 42.5 Å². The standard InChI is InChI=1S/C14H13BrN4O2S/c15-8-1-2-9-10(7-8)22-13(16-9)19-5-3-14(4-6-19)11(20)17-12(21)18-14/h1-2,7H,3-6H2,(H2,17,18,20,21). The van der Waals surface area contributed by atoms with Gasteiger partial charge in [0.2, 0.25) is 0 Å². The van der Waals surface area contributed by atoms with Crippen molar-refractivity contribution in [1.82, 2.24) is 15.6 Å². The summed E-state index contributed by atoms with van der Waals surface area (Å²) in [6.07, 6.45) is 1.20. The number of hydrogen-bond acceptors (Lipinski definition) is 5. The minimum atomic E-state index is -0.729. The van der Waals surface area contributed by atoms with E-state index in [0.717, 1.165) is 19.8 Å². The second-order valence-electron chi connectivity index (χ2n) is 5.59. The lowest BCUT2D eigenvalue weighted by Gasteiger charge is -2.36. The van der Waals surface area contributed by atoms with E-state index in [1.807, 2.05) is 12.1 Å². The van der Waals surface area contributed by atoms with Gasteiger partial charge in [-0.05, 0) is 31.0 Å². The first-order valence-corrected chi connectivity index (χ1v) is 8.61. The Morgan fingerprint density at radius 3 is 2.73 bits per heavy atom. The van der Waals surface area contributed by atoms with Crippen LogP contribution in [-0.2, 0) is 4.79 Å². The Balaban J connectivity index is 1.55. The molecule has 1 spiro atoms. The highest BCUT2D eigenvalue weighted by molar-refractivity contribution is 9.10. The van der Waals surface area contributed by atoms with Gasteiger partial charge >= 0.3 is 6.03 Å². The Bertz CT molecular complexity index is 782. The monoisotopic (exact) mass is 380 g/mol. The van der Waals surface area contributed by atoms with E-state index in [0.29, 0.717) is 25.9 Å². The summed E-state index contributed by atoms with van der Waals surface area (Å²) in [4.78, 5) is 30.2. The van der Waals surface area contributed by atoms with Crippen molar-refractivity contribution in [3.05, 3.63) is 22.7 Å². The first-order chi connectivity index (χ1) is 10.6. The lowest BCUT2D eigenvalue weighted by atomic mass is 9.88. The molecule has 0 saturated carbocycles. The van der Waals surface area contributed by atoms with Crippen molar-refractivity contribution in [2.75, 3.05) is 18.0 Å². The Kier molecular flexibility index (Phi) is 3.12. The van der Waals surface area contributed by atoms with Crippen LogP contribution in [0.15, 0.2) is 22.7 Å². The van der Waals surface area contributed by atoms with Crippen molar-refractivity contribution < 1.29 is 9.59 Å². The van der Waals surface area contributed by atoms with Crippen molar-refractivity contribution in [1.29, 1.82) is 0 Å². The van der Waals surface area contributed by atoms with E-state index in [1.54, 1.807) is 11.3 Å². The first-order valence-electron chi connectivity index (χ1n) is 7.00. The van der Waals surface area contributed by atoms with Crippen LogP contribution in [0, 0.1) is 0 Å². The van der Waals surface area contributed by atoms with Gasteiger partial charge in [0.05, 0.1) is 10.2 Å². The molecular formula is C14H13BrN4O2S. The second kappa shape index (κ2) is 4.92. The molecule has 22 heavy (non-hydrogen) atoms. The number of rotatable bonds is 1. The van der Waals surface area contributed by atoms with Crippen LogP contribution in [0.1, 0.15) is 12.8 Å². The Morgan fingerprint density at radius 2 is 2.05 bits per heavy atom. The number of benzene rings is 1. The number of nitrogens with zero attached hydrogens (tertiary/aromatic N) is 2. The van der Waals surface area contributed by atoms with Crippen LogP contribution in [0.5, 0.6) is 0 Å². The van der Waals surface area contributed by atoms with Gasteiger partial charge in [0, 0.05) is 17.6 Å². The molecule has 0 bridgehead atoms. The topological polar surface area (TPSA) is 74.3 Å². The predicted molar refractivity (Wildman–Crippen MR) is 88.2 cm³/mol. The van der Waals surface area contributed by atoms with Crippen LogP contribution >= 0.6 is 27.3 Å². The average Bonchev–Trinajstić information content (AvgIpc) is 3.01. The number of nitrogens with one attached hydrogen (secondary N) is 2. The zero-order valence-corrected chi connectivity index (χ0v) is 14.0. The molecule has 0 radical (unpaired) electrons. The summed E-state index contributed by atoms with van der Waals surface area (Å²) in [5.41, 5.74) is 0.253. The van der Waals surface area contributed by atoms with Gasteiger partial charge in [-0.15, -0.1) is 0 Å². The van der Waals surface area contributed by atoms with Crippen LogP contribution in [-0.4, -0.2) is 35.6 Å². The van der Waals surface area contributed by atoms with Crippen LogP contribution in [0.25, 0.3) is 10.2 Å². The number of urea groups is 1. The van der Waals surface area contributed by atoms with Gasteiger partial charge in [0.1, 0.15) is 5.54 Å². The lowest BCUT2D eigenvalue weighted by molar-refractivity contribution is -0.124. The fourth-order valence-electron chi connectivity index (χ4n) is 2.98. The smallest absolute Gasteiger partial charge is 0.322 e. The molecule has 6 nitrogen and oxygen atoms in total. The second-order valence-corrected chi connectivity index (χ2v) is 7.51. The maximum atomic E-state index is 12.0. The van der Waals surface area contributed by atoms with E-state index < -0.39 is 5.54 Å². The van der Waals surface area contributed by atoms with Gasteiger partial charge in [-0.2, -0.15) is 0 Å². The molecule has 2 saturated heterocycles. The van der Waals surface area contributed by atoms with E-state index in [1.165, 1.54) is 0 Å². The third-order valence-electron chi connectivity index (χ3n) is 4.24. The summed E-state index contributed by atoms with van der Waals surface area (Å²) < 4.78 is 2.18. The molecule has 3 amide bonds. The Hall–Kier alpha value is -1.67. The molecule has 1 aromatic heterocycles. The van der Waals surface area contributed by atoms with Crippen molar-refractivity contribution in [3.63, 3.8) is 0 Å². The minimum absolute atomic E-state index is 0.203. The van der Waals surface area contributed by atoms with Crippen molar-refractivity contribution in [3.8, 4) is 0 Å². The zero-order chi connectivity index (χ0) is 15.3. The highest BCUT2D eigenvalue weighted by Gasteiger charge is 2.48. The molecule has 1 aromatic carbocycles. The van der Waals surface area contributed by atoms with Crippen LogP contribution in [0.4, 0.5) is 9.93 Å². The van der Waals surface area contributed by atoms with Gasteiger partial charge in [-0.3, -0.25) is 10.1 Å². The summed E-state index contributed by atoms with van der Waals surface area (Å²) in [7, 11) is 0. The third kappa shape index (κ3) is 2.17. The molecule has 3 heterocycles. The number of amides is 3. The number of hydrogen-bond donors (Lipinski definition) is 2. The number of carbonyl (C=O) groups is 2. The van der Waals surface area contributed by atoms with Gasteiger partial charge in [-0.25, -0.2) is 9.78 Å². The summed E-state index contributed by atoms with van der Waals surface area (Å²) in [6.45, 7) is 1.41. The number of aromatic nitrogens is 1. The molecule has 0 aliphatic carbocycles. The molecule has 2 N–H and O–H groups in total. The molecule has 0 unspecified atom stereocenters. The molecule has 4 rings (SSSR count). The average molecular weight is 381 g/mol. The summed E-state index contributed by atoms with van der Waals surface area (Å²) in [6, 6.07) is 5.65. The minimum Gasteiger partial charge on any atom is -0.348 e. The Morgan fingerprint density at radius 1 is 1.27 bits per heavy atom. The van der Waals surface area contributed by atoms with Crippen molar-refractivity contribution in [2.24, 2.45) is 0 Å². The number of carbonyl (C=O) groups excluding carboxylic acids is 2. The molecular weight excluding hydrogens is 368 g/mol. The predicted octanol–water partition coefficient (Wildman–Crippen LogP) is 2.24. The highest BCUT2D eigenvalue weighted by Crippen LogP contribution is 2.34. The first kappa shape index (κ1) is 14.0. The maximum Gasteiger partial charge on any atom is 0.322 e. The summed E-state index contributed by atoms with van der Waals surface area (Å²) >= 11 is 5.12. The van der Waals surface area contributed by atoms with Crippen LogP contribution in [0.3, 0.4) is 0 Å². The number of anilines is 1. The number of imide groups is 1. The van der Waals surface area contributed by atoms with E-state index >= 15 is 0 Å². The third-order valence-corrected chi connectivity index (χ3v) is 5.81. The molecule has 2 fully saturated rings. The maximum absolute atomic E-state index is 12.0. The molecule has 114 valence electrons. The largest absolute Gasteiger partial charge is 0.348 e. The zero-order valence-electron chi connectivity index (χ0n) is 11.6. The van der Waals surface area contributed by atoms with Gasteiger partial charge in [0.15, 0.2) is 5.13 Å². The fourth-order valence-corrected chi connectivity index (χ4v) is 4.55. The number of piperidine rings is 1. The molecule has 2 aliphatic heterocycles. The summed E-state index contributed by atoms with van der Waals surface area (Å²) in [5, 5.41) is 6.07. The van der Waals surface area contributed by atoms with E-state index in [-0.39, 0.29) is 11.9 Å². The SMILES string of the molecule is O=C1NC(=O)C2(CCN(c3nc4ccc(Br)cc4s3)CC2)N1. The molecule has 8 heteroatoms. The van der Waals surface area contributed by atoms with Crippen molar-refractivity contribution in [2.45, 2.75) is 18.4 Å². The van der Waals surface area contributed by atoms with E-state index in [4.69, 9.17) is 0 Å². The number of fused-ring (bicyclic) bond motifs is 1. The molecule has 2 aromatic rings. The van der Waals surface area contributed by atoms with Crippen LogP contribution < -0.4 is 15.5 Å². The lowest BCUT2D eigenvalue weighted by Crippen LogP contribution is -2.54. The number of halogens is 1. The fraction of sp³-hybridized carbons (Fsp3) is 0.357. The van der Waals surface area contributed by atoms with Gasteiger partial charge in [0.25, 0.3) is 5.91 Å². The highest BCUT2D eigenvalue weighted by atomic mass is 79.9. The molecule has 2 aliphatic rings. The summed E-state index contributed by atoms with van der Waals surface area (Å²) in [5.74, 6) is -0.203. The normalized spacial score (nSPS) is 20.5. The molecule has 0 atom stereocenters. The van der Waals surface area contributed by atoms with Crippen LogP contribution in [0.2, 0.25) is 0 Å². The number of thiazole rings is 1. The quantitative estimate of drug-likeness (QED) is 0.744.